The van der Waals surface area contributed by atoms with Crippen molar-refractivity contribution in [1.29, 1.82) is 0 Å². The van der Waals surface area contributed by atoms with E-state index in [0.717, 1.165) is 11.0 Å². The molecule has 0 atom stereocenters. The van der Waals surface area contributed by atoms with Crippen LogP contribution in [0, 0.1) is 10.1 Å². The van der Waals surface area contributed by atoms with Gasteiger partial charge < -0.3 is 10.0 Å². The number of benzene rings is 1. The Morgan fingerprint density at radius 3 is 2.43 bits per heavy atom. The molecule has 0 saturated carbocycles. The minimum Gasteiger partial charge on any atom is -0.480 e. The number of aliphatic carboxylic acids is 1. The molecule has 1 rings (SSSR count). The van der Waals surface area contributed by atoms with Crippen LogP contribution in [-0.2, 0) is 4.79 Å². The second-order valence-electron chi connectivity index (χ2n) is 4.80. The second-order valence-corrected chi connectivity index (χ2v) is 5.21. The first-order valence-corrected chi connectivity index (χ1v) is 6.50. The van der Waals surface area contributed by atoms with Crippen LogP contribution in [0.1, 0.15) is 31.1 Å². The Bertz CT molecular complexity index is 600. The number of amides is 1. The zero-order valence-corrected chi connectivity index (χ0v) is 12.5. The predicted octanol–water partition coefficient (Wildman–Crippen LogP) is 2.57. The van der Waals surface area contributed by atoms with Gasteiger partial charge in [-0.3, -0.25) is 14.9 Å². The Labute approximate surface area is 126 Å². The third-order valence-corrected chi connectivity index (χ3v) is 3.48. The molecular weight excluding hydrogens is 300 g/mol. The summed E-state index contributed by atoms with van der Waals surface area (Å²) in [7, 11) is 0. The van der Waals surface area contributed by atoms with Gasteiger partial charge in [-0.2, -0.15) is 0 Å². The third-order valence-electron chi connectivity index (χ3n) is 3.16. The molecule has 21 heavy (non-hydrogen) atoms. The summed E-state index contributed by atoms with van der Waals surface area (Å²) >= 11 is 5.90. The van der Waals surface area contributed by atoms with E-state index < -0.39 is 28.0 Å². The van der Waals surface area contributed by atoms with Crippen molar-refractivity contribution in [2.24, 2.45) is 0 Å². The van der Waals surface area contributed by atoms with Gasteiger partial charge in [-0.25, -0.2) is 4.79 Å². The number of carbonyl (C=O) groups excluding carboxylic acids is 1. The van der Waals surface area contributed by atoms with E-state index in [2.05, 4.69) is 0 Å². The van der Waals surface area contributed by atoms with Gasteiger partial charge in [0.15, 0.2) is 0 Å². The highest BCUT2D eigenvalue weighted by molar-refractivity contribution is 6.34. The van der Waals surface area contributed by atoms with Gasteiger partial charge in [-0.15, -0.1) is 0 Å². The summed E-state index contributed by atoms with van der Waals surface area (Å²) in [4.78, 5) is 35.2. The summed E-state index contributed by atoms with van der Waals surface area (Å²) in [6.07, 6.45) is 0. The van der Waals surface area contributed by atoms with Crippen LogP contribution in [0.25, 0.3) is 0 Å². The fourth-order valence-electron chi connectivity index (χ4n) is 1.92. The lowest BCUT2D eigenvalue weighted by Crippen LogP contribution is -2.53. The minimum absolute atomic E-state index is 0.0700. The number of hydrogen-bond donors (Lipinski definition) is 1. The van der Waals surface area contributed by atoms with E-state index in [1.54, 1.807) is 6.92 Å². The van der Waals surface area contributed by atoms with Crippen LogP contribution in [0.15, 0.2) is 18.2 Å². The number of carboxylic acid groups (broad SMARTS) is 1. The van der Waals surface area contributed by atoms with E-state index in [1.165, 1.54) is 26.0 Å². The van der Waals surface area contributed by atoms with Gasteiger partial charge in [0, 0.05) is 12.6 Å². The third kappa shape index (κ3) is 3.13. The number of carboxylic acids is 1. The van der Waals surface area contributed by atoms with Crippen molar-refractivity contribution in [3.63, 3.8) is 0 Å². The average Bonchev–Trinajstić information content (AvgIpc) is 2.38. The molecule has 0 fully saturated rings. The molecular formula is C13H15ClN2O5. The van der Waals surface area contributed by atoms with Crippen molar-refractivity contribution >= 4 is 29.2 Å². The Morgan fingerprint density at radius 1 is 1.43 bits per heavy atom. The number of likely N-dealkylation sites (N-methyl/N-ethyl adjacent to an activating group) is 1. The van der Waals surface area contributed by atoms with Gasteiger partial charge in [0.1, 0.15) is 11.1 Å². The van der Waals surface area contributed by atoms with Crippen LogP contribution in [-0.4, -0.2) is 38.9 Å². The minimum atomic E-state index is -1.52. The Balaban J connectivity index is 3.43. The summed E-state index contributed by atoms with van der Waals surface area (Å²) in [6, 6.07) is 3.86. The van der Waals surface area contributed by atoms with Gasteiger partial charge in [0.25, 0.3) is 11.6 Å². The maximum absolute atomic E-state index is 12.5. The van der Waals surface area contributed by atoms with Crippen molar-refractivity contribution in [3.8, 4) is 0 Å². The summed E-state index contributed by atoms with van der Waals surface area (Å²) < 4.78 is 0. The molecule has 0 heterocycles. The van der Waals surface area contributed by atoms with Crippen LogP contribution < -0.4 is 0 Å². The van der Waals surface area contributed by atoms with Crippen molar-refractivity contribution < 1.29 is 19.6 Å². The molecule has 8 heteroatoms. The predicted molar refractivity (Wildman–Crippen MR) is 76.5 cm³/mol. The molecule has 1 aromatic rings. The maximum atomic E-state index is 12.5. The van der Waals surface area contributed by atoms with E-state index in [1.807, 2.05) is 0 Å². The highest BCUT2D eigenvalue weighted by atomic mass is 35.5. The molecule has 7 nitrogen and oxygen atoms in total. The quantitative estimate of drug-likeness (QED) is 0.665. The van der Waals surface area contributed by atoms with E-state index in [0.29, 0.717) is 0 Å². The number of nitrogens with zero attached hydrogens (tertiary/aromatic N) is 2. The first kappa shape index (κ1) is 16.9. The maximum Gasteiger partial charge on any atom is 0.329 e. The number of nitro groups is 1. The molecule has 0 bridgehead atoms. The lowest BCUT2D eigenvalue weighted by atomic mass is 10.0. The van der Waals surface area contributed by atoms with Crippen LogP contribution in [0.2, 0.25) is 5.02 Å². The number of halogens is 1. The van der Waals surface area contributed by atoms with E-state index >= 15 is 0 Å². The molecule has 0 aliphatic rings. The van der Waals surface area contributed by atoms with Crippen molar-refractivity contribution in [3.05, 3.63) is 38.9 Å². The topological polar surface area (TPSA) is 101 Å². The molecule has 1 aromatic carbocycles. The molecule has 0 aromatic heterocycles. The van der Waals surface area contributed by atoms with Crippen molar-refractivity contribution in [2.75, 3.05) is 6.54 Å². The molecule has 114 valence electrons. The monoisotopic (exact) mass is 314 g/mol. The van der Waals surface area contributed by atoms with Crippen LogP contribution in [0.3, 0.4) is 0 Å². The molecule has 0 radical (unpaired) electrons. The van der Waals surface area contributed by atoms with E-state index in [-0.39, 0.29) is 17.1 Å². The van der Waals surface area contributed by atoms with Gasteiger partial charge in [-0.05, 0) is 26.8 Å². The standard InChI is InChI=1S/C13H15ClN2O5/c1-4-15(13(2,3)12(18)19)11(17)10-8(14)6-5-7-9(10)16(20)21/h5-7H,4H2,1-3H3,(H,18,19). The molecule has 0 unspecified atom stereocenters. The lowest BCUT2D eigenvalue weighted by molar-refractivity contribution is -0.385. The average molecular weight is 315 g/mol. The largest absolute Gasteiger partial charge is 0.480 e. The number of carbonyl (C=O) groups is 2. The molecule has 1 amide bonds. The first-order valence-electron chi connectivity index (χ1n) is 6.12. The first-order chi connectivity index (χ1) is 9.64. The SMILES string of the molecule is CCN(C(=O)c1c(Cl)cccc1[N+](=O)[O-])C(C)(C)C(=O)O. The van der Waals surface area contributed by atoms with Gasteiger partial charge >= 0.3 is 5.97 Å². The van der Waals surface area contributed by atoms with Gasteiger partial charge in [0.05, 0.1) is 9.95 Å². The van der Waals surface area contributed by atoms with Crippen molar-refractivity contribution in [2.45, 2.75) is 26.3 Å². The smallest absolute Gasteiger partial charge is 0.329 e. The summed E-state index contributed by atoms with van der Waals surface area (Å²) in [5, 5.41) is 20.2. The zero-order valence-electron chi connectivity index (χ0n) is 11.8. The van der Waals surface area contributed by atoms with Crippen LogP contribution >= 0.6 is 11.6 Å². The Hall–Kier alpha value is -2.15. The highest BCUT2D eigenvalue weighted by Gasteiger charge is 2.39. The Morgan fingerprint density at radius 2 is 2.00 bits per heavy atom. The molecule has 0 spiro atoms. The highest BCUT2D eigenvalue weighted by Crippen LogP contribution is 2.29. The van der Waals surface area contributed by atoms with Crippen LogP contribution in [0.5, 0.6) is 0 Å². The normalized spacial score (nSPS) is 11.0. The number of nitro benzene ring substituents is 1. The molecule has 0 aliphatic heterocycles. The number of hydrogen-bond acceptors (Lipinski definition) is 4. The van der Waals surface area contributed by atoms with Gasteiger partial charge in [0.2, 0.25) is 0 Å². The molecule has 0 aliphatic carbocycles. The second kappa shape index (κ2) is 6.09. The number of rotatable bonds is 5. The fourth-order valence-corrected chi connectivity index (χ4v) is 2.17. The Kier molecular flexibility index (Phi) is 4.90. The molecule has 0 saturated heterocycles. The zero-order chi connectivity index (χ0) is 16.4. The lowest BCUT2D eigenvalue weighted by Gasteiger charge is -2.34. The summed E-state index contributed by atoms with van der Waals surface area (Å²) in [6.45, 7) is 4.35. The summed E-state index contributed by atoms with van der Waals surface area (Å²) in [5.41, 5.74) is -2.27. The van der Waals surface area contributed by atoms with E-state index in [4.69, 9.17) is 11.6 Å². The van der Waals surface area contributed by atoms with Crippen molar-refractivity contribution in [1.82, 2.24) is 4.90 Å². The molecule has 1 N–H and O–H groups in total. The van der Waals surface area contributed by atoms with E-state index in [9.17, 15) is 24.8 Å². The van der Waals surface area contributed by atoms with Crippen LogP contribution in [0.4, 0.5) is 5.69 Å². The fraction of sp³-hybridized carbons (Fsp3) is 0.385. The summed E-state index contributed by atoms with van der Waals surface area (Å²) in [5.74, 6) is -2.00. The van der Waals surface area contributed by atoms with Gasteiger partial charge in [-0.1, -0.05) is 17.7 Å².